The summed E-state index contributed by atoms with van der Waals surface area (Å²) >= 11 is 0. The average Bonchev–Trinajstić information content (AvgIpc) is 3.27. The number of hydrogen-bond donors (Lipinski definition) is 0. The summed E-state index contributed by atoms with van der Waals surface area (Å²) in [5, 5.41) is 7.20. The number of hydrogen-bond acceptors (Lipinski definition) is 2. The third kappa shape index (κ3) is 3.57. The highest BCUT2D eigenvalue weighted by molar-refractivity contribution is 6.03. The molecule has 29 heavy (non-hydrogen) atoms. The quantitative estimate of drug-likeness (QED) is 0.388. The minimum Gasteiger partial charge on any atom is -0.257 e. The topological polar surface area (TPSA) is 15.6 Å². The molecule has 1 unspecified atom stereocenters. The first kappa shape index (κ1) is 17.4. The molecule has 0 fully saturated rings. The molecule has 1 aliphatic heterocycles. The lowest BCUT2D eigenvalue weighted by Gasteiger charge is -2.23. The number of hydrazone groups is 1. The Balaban J connectivity index is 1.48. The summed E-state index contributed by atoms with van der Waals surface area (Å²) in [5.41, 5.74) is 7.19. The second kappa shape index (κ2) is 7.76. The maximum absolute atomic E-state index is 5.04. The van der Waals surface area contributed by atoms with Gasteiger partial charge in [0.15, 0.2) is 0 Å². The molecule has 4 aromatic rings. The van der Waals surface area contributed by atoms with E-state index in [9.17, 15) is 0 Å². The summed E-state index contributed by atoms with van der Waals surface area (Å²) in [7, 11) is 0. The van der Waals surface area contributed by atoms with Crippen LogP contribution in [0.1, 0.15) is 23.6 Å². The van der Waals surface area contributed by atoms with Crippen LogP contribution in [0.15, 0.2) is 120 Å². The van der Waals surface area contributed by atoms with Gasteiger partial charge in [0.2, 0.25) is 0 Å². The molecule has 1 atom stereocenters. The molecular weight excluding hydrogens is 352 g/mol. The predicted octanol–water partition coefficient (Wildman–Crippen LogP) is 6.71. The first-order chi connectivity index (χ1) is 14.4. The molecule has 0 amide bonds. The van der Waals surface area contributed by atoms with Crippen molar-refractivity contribution in [3.63, 3.8) is 0 Å². The Hall–Kier alpha value is -3.65. The molecule has 0 aliphatic carbocycles. The van der Waals surface area contributed by atoms with Gasteiger partial charge in [0.05, 0.1) is 17.4 Å². The third-order valence-corrected chi connectivity index (χ3v) is 5.44. The van der Waals surface area contributed by atoms with E-state index in [-0.39, 0.29) is 6.04 Å². The van der Waals surface area contributed by atoms with Crippen LogP contribution in [-0.2, 0) is 0 Å². The Morgan fingerprint density at radius 2 is 1.07 bits per heavy atom. The minimum absolute atomic E-state index is 0.211. The van der Waals surface area contributed by atoms with Crippen LogP contribution in [-0.4, -0.2) is 5.71 Å². The Labute approximate surface area is 171 Å². The van der Waals surface area contributed by atoms with E-state index in [1.54, 1.807) is 0 Å². The second-order valence-corrected chi connectivity index (χ2v) is 7.30. The zero-order chi connectivity index (χ0) is 19.5. The summed E-state index contributed by atoms with van der Waals surface area (Å²) in [4.78, 5) is 0. The SMILES string of the molecule is c1ccc(-c2ccc(C3=NN(c4ccccc4)C(c4ccccc4)C3)cc2)cc1. The van der Waals surface area contributed by atoms with E-state index in [1.807, 2.05) is 12.1 Å². The molecule has 2 nitrogen and oxygen atoms in total. The van der Waals surface area contributed by atoms with Crippen molar-refractivity contribution < 1.29 is 0 Å². The van der Waals surface area contributed by atoms with Gasteiger partial charge in [0.1, 0.15) is 0 Å². The van der Waals surface area contributed by atoms with Crippen LogP contribution in [0, 0.1) is 0 Å². The summed E-state index contributed by atoms with van der Waals surface area (Å²) in [6.45, 7) is 0. The normalized spacial score (nSPS) is 15.9. The van der Waals surface area contributed by atoms with Crippen molar-refractivity contribution in [3.05, 3.63) is 126 Å². The molecule has 140 valence electrons. The Kier molecular flexibility index (Phi) is 4.67. The standard InChI is InChI=1S/C27H22N2/c1-4-10-21(11-5-1)22-16-18-23(19-17-22)26-20-27(24-12-6-2-7-13-24)29(28-26)25-14-8-3-9-15-25/h1-19,27H,20H2. The van der Waals surface area contributed by atoms with E-state index in [1.165, 1.54) is 22.3 Å². The molecule has 0 aromatic heterocycles. The van der Waals surface area contributed by atoms with Crippen LogP contribution in [0.4, 0.5) is 5.69 Å². The first-order valence-electron chi connectivity index (χ1n) is 10.0. The van der Waals surface area contributed by atoms with Crippen molar-refractivity contribution >= 4 is 11.4 Å². The van der Waals surface area contributed by atoms with Crippen molar-refractivity contribution in [2.24, 2.45) is 5.10 Å². The Morgan fingerprint density at radius 1 is 0.552 bits per heavy atom. The lowest BCUT2D eigenvalue weighted by atomic mass is 9.96. The second-order valence-electron chi connectivity index (χ2n) is 7.30. The van der Waals surface area contributed by atoms with Gasteiger partial charge in [-0.05, 0) is 34.4 Å². The van der Waals surface area contributed by atoms with E-state index in [0.29, 0.717) is 0 Å². The van der Waals surface area contributed by atoms with Crippen LogP contribution in [0.25, 0.3) is 11.1 Å². The van der Waals surface area contributed by atoms with Gasteiger partial charge in [-0.25, -0.2) is 0 Å². The molecule has 5 rings (SSSR count). The van der Waals surface area contributed by atoms with Gasteiger partial charge in [-0.2, -0.15) is 5.10 Å². The van der Waals surface area contributed by atoms with Crippen LogP contribution in [0.3, 0.4) is 0 Å². The summed E-state index contributed by atoms with van der Waals surface area (Å²) in [6.07, 6.45) is 0.892. The predicted molar refractivity (Wildman–Crippen MR) is 121 cm³/mol. The molecule has 0 spiro atoms. The number of para-hydroxylation sites is 1. The molecule has 0 N–H and O–H groups in total. The van der Waals surface area contributed by atoms with Gasteiger partial charge in [-0.15, -0.1) is 0 Å². The van der Waals surface area contributed by atoms with E-state index in [4.69, 9.17) is 5.10 Å². The van der Waals surface area contributed by atoms with Gasteiger partial charge < -0.3 is 0 Å². The fraction of sp³-hybridized carbons (Fsp3) is 0.0741. The highest BCUT2D eigenvalue weighted by Crippen LogP contribution is 2.36. The zero-order valence-electron chi connectivity index (χ0n) is 16.1. The summed E-state index contributed by atoms with van der Waals surface area (Å²) < 4.78 is 0. The maximum atomic E-state index is 5.04. The molecule has 4 aromatic carbocycles. The number of anilines is 1. The summed E-state index contributed by atoms with van der Waals surface area (Å²) in [6, 6.07) is 40.6. The Bertz CT molecular complexity index is 1100. The van der Waals surface area contributed by atoms with E-state index in [0.717, 1.165) is 17.8 Å². The van der Waals surface area contributed by atoms with E-state index >= 15 is 0 Å². The van der Waals surface area contributed by atoms with Crippen LogP contribution in [0.2, 0.25) is 0 Å². The molecular formula is C27H22N2. The lowest BCUT2D eigenvalue weighted by molar-refractivity contribution is 0.709. The minimum atomic E-state index is 0.211. The molecule has 0 bridgehead atoms. The summed E-state index contributed by atoms with van der Waals surface area (Å²) in [5.74, 6) is 0. The van der Waals surface area contributed by atoms with E-state index < -0.39 is 0 Å². The molecule has 1 aliphatic rings. The lowest BCUT2D eigenvalue weighted by Crippen LogP contribution is -2.18. The first-order valence-corrected chi connectivity index (χ1v) is 10.0. The van der Waals surface area contributed by atoms with Crippen molar-refractivity contribution in [2.75, 3.05) is 5.01 Å². The van der Waals surface area contributed by atoms with Crippen molar-refractivity contribution in [3.8, 4) is 11.1 Å². The number of benzene rings is 4. The van der Waals surface area contributed by atoms with Gasteiger partial charge >= 0.3 is 0 Å². The zero-order valence-corrected chi connectivity index (χ0v) is 16.1. The molecule has 0 radical (unpaired) electrons. The number of rotatable bonds is 4. The fourth-order valence-electron chi connectivity index (χ4n) is 3.92. The molecule has 2 heteroatoms. The van der Waals surface area contributed by atoms with Gasteiger partial charge in [-0.3, -0.25) is 5.01 Å². The highest BCUT2D eigenvalue weighted by Gasteiger charge is 2.29. The fourth-order valence-corrected chi connectivity index (χ4v) is 3.92. The largest absolute Gasteiger partial charge is 0.257 e. The average molecular weight is 374 g/mol. The van der Waals surface area contributed by atoms with E-state index in [2.05, 4.69) is 108 Å². The monoisotopic (exact) mass is 374 g/mol. The smallest absolute Gasteiger partial charge is 0.0831 e. The molecule has 0 saturated heterocycles. The van der Waals surface area contributed by atoms with Gasteiger partial charge in [-0.1, -0.05) is 103 Å². The maximum Gasteiger partial charge on any atom is 0.0831 e. The molecule has 0 saturated carbocycles. The van der Waals surface area contributed by atoms with Crippen LogP contribution in [0.5, 0.6) is 0 Å². The van der Waals surface area contributed by atoms with Crippen LogP contribution >= 0.6 is 0 Å². The van der Waals surface area contributed by atoms with Crippen LogP contribution < -0.4 is 5.01 Å². The third-order valence-electron chi connectivity index (χ3n) is 5.44. The van der Waals surface area contributed by atoms with Gasteiger partial charge in [0, 0.05) is 6.42 Å². The number of nitrogens with zero attached hydrogens (tertiary/aromatic N) is 2. The van der Waals surface area contributed by atoms with Crippen molar-refractivity contribution in [1.29, 1.82) is 0 Å². The van der Waals surface area contributed by atoms with Gasteiger partial charge in [0.25, 0.3) is 0 Å². The molecule has 1 heterocycles. The van der Waals surface area contributed by atoms with Crippen molar-refractivity contribution in [2.45, 2.75) is 12.5 Å². The highest BCUT2D eigenvalue weighted by atomic mass is 15.5. The van der Waals surface area contributed by atoms with Crippen molar-refractivity contribution in [1.82, 2.24) is 0 Å². The Morgan fingerprint density at radius 3 is 1.72 bits per heavy atom.